The van der Waals surface area contributed by atoms with E-state index in [9.17, 15) is 4.79 Å². The molecular formula is C8H8CeLaO2. The van der Waals surface area contributed by atoms with Crippen LogP contribution in [0.4, 0.5) is 0 Å². The Morgan fingerprint density at radius 3 is 2.00 bits per heavy atom. The first-order chi connectivity index (χ1) is 4.70. The number of rotatable bonds is 1. The van der Waals surface area contributed by atoms with Gasteiger partial charge in [0, 0.05) is 77.3 Å². The molecule has 0 saturated heterocycles. The number of carbonyl (C=O) groups is 1. The van der Waals surface area contributed by atoms with Gasteiger partial charge in [0.15, 0.2) is 0 Å². The van der Waals surface area contributed by atoms with Gasteiger partial charge >= 0.3 is 5.97 Å². The van der Waals surface area contributed by atoms with Crippen molar-refractivity contribution in [3.05, 3.63) is 35.4 Å². The zero-order chi connectivity index (χ0) is 7.56. The molecule has 59 valence electrons. The standard InChI is InChI=1S/C8H8O2.Ce.La/c1-6-2-4-7(5-3-6)8(9)10;;/h2-5H,1H3,(H,9,10);;. The van der Waals surface area contributed by atoms with Crippen LogP contribution in [-0.2, 0) is 0 Å². The summed E-state index contributed by atoms with van der Waals surface area (Å²) in [6.45, 7) is 1.92. The van der Waals surface area contributed by atoms with Crippen molar-refractivity contribution < 1.29 is 87.2 Å². The summed E-state index contributed by atoms with van der Waals surface area (Å²) in [4.78, 5) is 10.3. The van der Waals surface area contributed by atoms with Gasteiger partial charge in [-0.2, -0.15) is 0 Å². The van der Waals surface area contributed by atoms with Crippen molar-refractivity contribution in [3.63, 3.8) is 0 Å². The van der Waals surface area contributed by atoms with Crippen LogP contribution in [0.1, 0.15) is 15.9 Å². The van der Waals surface area contributed by atoms with Gasteiger partial charge in [0.2, 0.25) is 0 Å². The monoisotopic (exact) mass is 415 g/mol. The molecule has 0 aliphatic heterocycles. The fourth-order valence-electron chi connectivity index (χ4n) is 0.696. The van der Waals surface area contributed by atoms with E-state index in [-0.39, 0.29) is 77.3 Å². The van der Waals surface area contributed by atoms with E-state index < -0.39 is 5.97 Å². The van der Waals surface area contributed by atoms with Gasteiger partial charge in [-0.1, -0.05) is 17.7 Å². The first-order valence-electron chi connectivity index (χ1n) is 3.00. The number of aromatic carboxylic acids is 1. The van der Waals surface area contributed by atoms with Crippen molar-refractivity contribution >= 4 is 5.97 Å². The van der Waals surface area contributed by atoms with Crippen LogP contribution in [0, 0.1) is 84.3 Å². The molecule has 1 N–H and O–H groups in total. The predicted octanol–water partition coefficient (Wildman–Crippen LogP) is 1.69. The second-order valence-electron chi connectivity index (χ2n) is 2.17. The van der Waals surface area contributed by atoms with Gasteiger partial charge in [-0.3, -0.25) is 0 Å². The molecule has 0 aromatic heterocycles. The largest absolute Gasteiger partial charge is 0.478 e. The first kappa shape index (κ1) is 15.7. The molecule has 4 heteroatoms. The van der Waals surface area contributed by atoms with Crippen molar-refractivity contribution in [1.82, 2.24) is 0 Å². The Morgan fingerprint density at radius 1 is 1.25 bits per heavy atom. The minimum absolute atomic E-state index is 0. The zero-order valence-electron chi connectivity index (χ0n) is 6.74. The third kappa shape index (κ3) is 5.09. The van der Waals surface area contributed by atoms with E-state index in [1.54, 1.807) is 24.3 Å². The predicted molar refractivity (Wildman–Crippen MR) is 38.1 cm³/mol. The van der Waals surface area contributed by atoms with Gasteiger partial charge in [-0.25, -0.2) is 4.79 Å². The Kier molecular flexibility index (Phi) is 10.0. The number of carboxylic acid groups (broad SMARTS) is 1. The summed E-state index contributed by atoms with van der Waals surface area (Å²) in [7, 11) is 0. The number of hydrogen-bond donors (Lipinski definition) is 1. The average molecular weight is 415 g/mol. The van der Waals surface area contributed by atoms with Crippen molar-refractivity contribution in [2.45, 2.75) is 6.92 Å². The Morgan fingerprint density at radius 2 is 1.67 bits per heavy atom. The molecule has 0 atom stereocenters. The molecule has 0 saturated carbocycles. The van der Waals surface area contributed by atoms with E-state index in [1.165, 1.54) is 0 Å². The molecule has 0 amide bonds. The molecule has 0 fully saturated rings. The van der Waals surface area contributed by atoms with E-state index in [0.29, 0.717) is 5.56 Å². The fourth-order valence-corrected chi connectivity index (χ4v) is 0.696. The van der Waals surface area contributed by atoms with E-state index in [1.807, 2.05) is 6.92 Å². The van der Waals surface area contributed by atoms with Crippen LogP contribution in [-0.4, -0.2) is 11.1 Å². The minimum atomic E-state index is -0.875. The molecule has 1 radical (unpaired) electrons. The Balaban J connectivity index is 0. The van der Waals surface area contributed by atoms with E-state index in [0.717, 1.165) is 5.56 Å². The Hall–Kier alpha value is 1.26. The van der Waals surface area contributed by atoms with Crippen molar-refractivity contribution in [1.29, 1.82) is 0 Å². The normalized spacial score (nSPS) is 7.75. The summed E-state index contributed by atoms with van der Waals surface area (Å²) in [5.41, 5.74) is 1.41. The smallest absolute Gasteiger partial charge is 0.335 e. The number of hydrogen-bond acceptors (Lipinski definition) is 1. The molecule has 1 rings (SSSR count). The maximum Gasteiger partial charge on any atom is 0.335 e. The molecule has 0 heterocycles. The first-order valence-corrected chi connectivity index (χ1v) is 3.00. The third-order valence-electron chi connectivity index (χ3n) is 1.30. The van der Waals surface area contributed by atoms with Gasteiger partial charge < -0.3 is 5.11 Å². The van der Waals surface area contributed by atoms with Gasteiger partial charge in [0.05, 0.1) is 5.56 Å². The second-order valence-corrected chi connectivity index (χ2v) is 2.17. The van der Waals surface area contributed by atoms with Crippen LogP contribution in [0.3, 0.4) is 0 Å². The van der Waals surface area contributed by atoms with Crippen molar-refractivity contribution in [2.75, 3.05) is 0 Å². The van der Waals surface area contributed by atoms with Crippen LogP contribution in [0.5, 0.6) is 0 Å². The van der Waals surface area contributed by atoms with Crippen molar-refractivity contribution in [3.8, 4) is 0 Å². The van der Waals surface area contributed by atoms with E-state index >= 15 is 0 Å². The minimum Gasteiger partial charge on any atom is -0.478 e. The molecule has 0 aliphatic carbocycles. The quantitative estimate of drug-likeness (QED) is 0.759. The van der Waals surface area contributed by atoms with Crippen LogP contribution < -0.4 is 0 Å². The third-order valence-corrected chi connectivity index (χ3v) is 1.30. The second kappa shape index (κ2) is 7.65. The Labute approximate surface area is 133 Å². The molecule has 1 aromatic rings. The molecule has 0 unspecified atom stereocenters. The molecule has 12 heavy (non-hydrogen) atoms. The summed E-state index contributed by atoms with van der Waals surface area (Å²) in [6, 6.07) is 6.75. The van der Waals surface area contributed by atoms with Gasteiger partial charge in [0.25, 0.3) is 0 Å². The van der Waals surface area contributed by atoms with Crippen LogP contribution in [0.15, 0.2) is 24.3 Å². The molecule has 1 aromatic carbocycles. The summed E-state index contributed by atoms with van der Waals surface area (Å²) in [5, 5.41) is 8.48. The van der Waals surface area contributed by atoms with Crippen molar-refractivity contribution in [2.24, 2.45) is 0 Å². The molecule has 0 spiro atoms. The SMILES string of the molecule is Cc1ccc(C(=O)O)cc1.[Ce].[La]. The summed E-state index contributed by atoms with van der Waals surface area (Å²) in [6.07, 6.45) is 0. The maximum atomic E-state index is 10.3. The van der Waals surface area contributed by atoms with Crippen LogP contribution in [0.25, 0.3) is 0 Å². The van der Waals surface area contributed by atoms with Gasteiger partial charge in [-0.05, 0) is 19.1 Å². The summed E-state index contributed by atoms with van der Waals surface area (Å²) >= 11 is 0. The number of carboxylic acids is 1. The average Bonchev–Trinajstić information content (AvgIpc) is 1.88. The van der Waals surface area contributed by atoms with Crippen LogP contribution in [0.2, 0.25) is 0 Å². The van der Waals surface area contributed by atoms with E-state index in [4.69, 9.17) is 5.11 Å². The fraction of sp³-hybridized carbons (Fsp3) is 0.125. The molecule has 2 nitrogen and oxygen atoms in total. The molecular weight excluding hydrogens is 407 g/mol. The van der Waals surface area contributed by atoms with E-state index in [2.05, 4.69) is 0 Å². The van der Waals surface area contributed by atoms with Crippen LogP contribution >= 0.6 is 0 Å². The van der Waals surface area contributed by atoms with Gasteiger partial charge in [-0.15, -0.1) is 0 Å². The molecule has 0 bridgehead atoms. The number of benzene rings is 1. The zero-order valence-corrected chi connectivity index (χ0v) is 13.5. The topological polar surface area (TPSA) is 37.3 Å². The summed E-state index contributed by atoms with van der Waals surface area (Å²) in [5.74, 6) is -0.875. The maximum absolute atomic E-state index is 10.3. The number of aryl methyl sites for hydroxylation is 1. The Bertz CT molecular complexity index is 246. The van der Waals surface area contributed by atoms with Gasteiger partial charge in [0.1, 0.15) is 0 Å². The summed E-state index contributed by atoms with van der Waals surface area (Å²) < 4.78 is 0. The molecule has 0 aliphatic rings.